The lowest BCUT2D eigenvalue weighted by molar-refractivity contribution is -0.384. The van der Waals surface area contributed by atoms with E-state index in [0.717, 1.165) is 25.0 Å². The van der Waals surface area contributed by atoms with Gasteiger partial charge >= 0.3 is 0 Å². The van der Waals surface area contributed by atoms with Crippen molar-refractivity contribution in [3.63, 3.8) is 0 Å². The minimum absolute atomic E-state index is 0.188. The van der Waals surface area contributed by atoms with Crippen LogP contribution in [0, 0.1) is 21.8 Å². The number of anilines is 1. The van der Waals surface area contributed by atoms with Crippen LogP contribution in [-0.4, -0.2) is 11.5 Å². The zero-order valence-corrected chi connectivity index (χ0v) is 9.13. The van der Waals surface area contributed by atoms with Crippen molar-refractivity contribution in [2.45, 2.75) is 12.8 Å². The van der Waals surface area contributed by atoms with E-state index in [0.29, 0.717) is 12.5 Å². The first-order valence-electron chi connectivity index (χ1n) is 4.95. The molecule has 16 heavy (non-hydrogen) atoms. The predicted molar refractivity (Wildman–Crippen MR) is 59.3 cm³/mol. The summed E-state index contributed by atoms with van der Waals surface area (Å²) in [5, 5.41) is 13.4. The minimum Gasteiger partial charge on any atom is -0.379 e. The van der Waals surface area contributed by atoms with E-state index in [2.05, 4.69) is 5.32 Å². The van der Waals surface area contributed by atoms with E-state index < -0.39 is 10.7 Å². The quantitative estimate of drug-likeness (QED) is 0.654. The number of nitro groups is 1. The van der Waals surface area contributed by atoms with Crippen molar-refractivity contribution in [3.8, 4) is 0 Å². The molecule has 0 amide bonds. The van der Waals surface area contributed by atoms with Gasteiger partial charge in [0.1, 0.15) is 11.5 Å². The van der Waals surface area contributed by atoms with E-state index in [-0.39, 0.29) is 16.4 Å². The number of hydrogen-bond acceptors (Lipinski definition) is 3. The first-order chi connectivity index (χ1) is 7.58. The first-order valence-corrected chi connectivity index (χ1v) is 5.33. The Morgan fingerprint density at radius 1 is 1.56 bits per heavy atom. The molecule has 1 aliphatic carbocycles. The molecular formula is C10H10ClFN2O2. The zero-order valence-electron chi connectivity index (χ0n) is 8.37. The average molecular weight is 245 g/mol. The Labute approximate surface area is 96.6 Å². The molecule has 0 aromatic heterocycles. The minimum atomic E-state index is -0.648. The van der Waals surface area contributed by atoms with Gasteiger partial charge < -0.3 is 5.32 Å². The molecule has 0 bridgehead atoms. The molecule has 1 saturated carbocycles. The topological polar surface area (TPSA) is 55.2 Å². The summed E-state index contributed by atoms with van der Waals surface area (Å²) in [6.45, 7) is 0.641. The van der Waals surface area contributed by atoms with Gasteiger partial charge in [-0.25, -0.2) is 4.39 Å². The van der Waals surface area contributed by atoms with Gasteiger partial charge in [-0.15, -0.1) is 0 Å². The summed E-state index contributed by atoms with van der Waals surface area (Å²) < 4.78 is 13.2. The number of halogens is 2. The number of nitrogens with one attached hydrogen (secondary N) is 1. The third-order valence-corrected chi connectivity index (χ3v) is 2.80. The van der Waals surface area contributed by atoms with E-state index in [1.165, 1.54) is 0 Å². The summed E-state index contributed by atoms with van der Waals surface area (Å²) in [4.78, 5) is 10.2. The van der Waals surface area contributed by atoms with Gasteiger partial charge in [-0.1, -0.05) is 11.6 Å². The fourth-order valence-corrected chi connectivity index (χ4v) is 1.56. The van der Waals surface area contributed by atoms with Crippen molar-refractivity contribution in [3.05, 3.63) is 33.1 Å². The Hall–Kier alpha value is -1.36. The molecule has 0 spiro atoms. The Kier molecular flexibility index (Phi) is 2.96. The van der Waals surface area contributed by atoms with E-state index in [1.54, 1.807) is 0 Å². The van der Waals surface area contributed by atoms with Crippen molar-refractivity contribution in [2.75, 3.05) is 11.9 Å². The third-order valence-electron chi connectivity index (χ3n) is 2.51. The van der Waals surface area contributed by atoms with Crippen LogP contribution in [0.1, 0.15) is 12.8 Å². The maximum absolute atomic E-state index is 13.2. The van der Waals surface area contributed by atoms with Gasteiger partial charge in [0.2, 0.25) is 0 Å². The van der Waals surface area contributed by atoms with Crippen LogP contribution in [0.25, 0.3) is 0 Å². The van der Waals surface area contributed by atoms with Crippen molar-refractivity contribution in [1.82, 2.24) is 0 Å². The maximum Gasteiger partial charge on any atom is 0.294 e. The second-order valence-electron chi connectivity index (χ2n) is 3.86. The molecular weight excluding hydrogens is 235 g/mol. The smallest absolute Gasteiger partial charge is 0.294 e. The highest BCUT2D eigenvalue weighted by atomic mass is 35.5. The maximum atomic E-state index is 13.2. The van der Waals surface area contributed by atoms with Crippen molar-refractivity contribution < 1.29 is 9.31 Å². The summed E-state index contributed by atoms with van der Waals surface area (Å²) in [6, 6.07) is 2.11. The predicted octanol–water partition coefficient (Wildman–Crippen LogP) is 3.21. The summed E-state index contributed by atoms with van der Waals surface area (Å²) in [7, 11) is 0. The SMILES string of the molecule is O=[N+]([O-])c1cc(Cl)c(F)cc1NCC1CC1. The van der Waals surface area contributed by atoms with Crippen LogP contribution in [0.2, 0.25) is 5.02 Å². The summed E-state index contributed by atoms with van der Waals surface area (Å²) in [5.74, 6) is -0.0936. The van der Waals surface area contributed by atoms with Gasteiger partial charge in [0.05, 0.1) is 9.95 Å². The number of benzene rings is 1. The van der Waals surface area contributed by atoms with Gasteiger partial charge in [-0.2, -0.15) is 0 Å². The molecule has 6 heteroatoms. The number of nitro benzene ring substituents is 1. The van der Waals surface area contributed by atoms with Crippen LogP contribution >= 0.6 is 11.6 Å². The Morgan fingerprint density at radius 3 is 2.81 bits per heavy atom. The lowest BCUT2D eigenvalue weighted by Crippen LogP contribution is -2.06. The molecule has 1 N–H and O–H groups in total. The third kappa shape index (κ3) is 2.41. The summed E-state index contributed by atoms with van der Waals surface area (Å²) >= 11 is 5.50. The molecule has 0 saturated heterocycles. The molecule has 86 valence electrons. The van der Waals surface area contributed by atoms with E-state index in [9.17, 15) is 14.5 Å². The van der Waals surface area contributed by atoms with Crippen LogP contribution < -0.4 is 5.32 Å². The van der Waals surface area contributed by atoms with Crippen LogP contribution in [-0.2, 0) is 0 Å². The lowest BCUT2D eigenvalue weighted by atomic mass is 10.2. The van der Waals surface area contributed by atoms with Gasteiger partial charge in [0, 0.05) is 18.7 Å². The molecule has 1 fully saturated rings. The summed E-state index contributed by atoms with van der Waals surface area (Å²) in [6.07, 6.45) is 2.24. The fourth-order valence-electron chi connectivity index (χ4n) is 1.41. The lowest BCUT2D eigenvalue weighted by Gasteiger charge is -2.06. The second-order valence-corrected chi connectivity index (χ2v) is 4.27. The molecule has 0 heterocycles. The van der Waals surface area contributed by atoms with Crippen molar-refractivity contribution in [1.29, 1.82) is 0 Å². The van der Waals surface area contributed by atoms with Crippen LogP contribution in [0.3, 0.4) is 0 Å². The highest BCUT2D eigenvalue weighted by Gasteiger charge is 2.23. The Bertz CT molecular complexity index is 435. The summed E-state index contributed by atoms with van der Waals surface area (Å²) in [5.41, 5.74) is 0.00542. The van der Waals surface area contributed by atoms with Crippen molar-refractivity contribution in [2.24, 2.45) is 5.92 Å². The molecule has 0 radical (unpaired) electrons. The molecule has 4 nitrogen and oxygen atoms in total. The second kappa shape index (κ2) is 4.25. The Balaban J connectivity index is 2.24. The number of nitrogens with zero attached hydrogens (tertiary/aromatic N) is 1. The zero-order chi connectivity index (χ0) is 11.7. The van der Waals surface area contributed by atoms with Gasteiger partial charge in [-0.05, 0) is 18.8 Å². The molecule has 1 aliphatic rings. The van der Waals surface area contributed by atoms with Crippen LogP contribution in [0.5, 0.6) is 0 Å². The number of hydrogen-bond donors (Lipinski definition) is 1. The van der Waals surface area contributed by atoms with Crippen LogP contribution in [0.4, 0.5) is 15.8 Å². The van der Waals surface area contributed by atoms with Crippen molar-refractivity contribution >= 4 is 23.0 Å². The van der Waals surface area contributed by atoms with Gasteiger partial charge in [-0.3, -0.25) is 10.1 Å². The standard InChI is InChI=1S/C10H10ClFN2O2/c11-7-3-10(14(15)16)9(4-8(7)12)13-5-6-1-2-6/h3-4,6,13H,1-2,5H2. The molecule has 0 unspecified atom stereocenters. The molecule has 1 aromatic carbocycles. The molecule has 2 rings (SSSR count). The Morgan fingerprint density at radius 2 is 2.25 bits per heavy atom. The first kappa shape index (κ1) is 11.1. The highest BCUT2D eigenvalue weighted by molar-refractivity contribution is 6.31. The molecule has 0 atom stereocenters. The average Bonchev–Trinajstić information content (AvgIpc) is 3.02. The highest BCUT2D eigenvalue weighted by Crippen LogP contribution is 2.33. The monoisotopic (exact) mass is 244 g/mol. The van der Waals surface area contributed by atoms with Gasteiger partial charge in [0.15, 0.2) is 0 Å². The fraction of sp³-hybridized carbons (Fsp3) is 0.400. The van der Waals surface area contributed by atoms with Gasteiger partial charge in [0.25, 0.3) is 5.69 Å². The van der Waals surface area contributed by atoms with E-state index in [1.807, 2.05) is 0 Å². The molecule has 1 aromatic rings. The van der Waals surface area contributed by atoms with E-state index in [4.69, 9.17) is 11.6 Å². The normalized spacial score (nSPS) is 14.9. The van der Waals surface area contributed by atoms with Crippen LogP contribution in [0.15, 0.2) is 12.1 Å². The number of rotatable bonds is 4. The van der Waals surface area contributed by atoms with E-state index >= 15 is 0 Å². The largest absolute Gasteiger partial charge is 0.379 e. The molecule has 0 aliphatic heterocycles.